The third kappa shape index (κ3) is 6.27. The van der Waals surface area contributed by atoms with Crippen LogP contribution in [0.3, 0.4) is 0 Å². The number of methoxy groups -OCH3 is 1. The number of ether oxygens (including phenoxy) is 1. The number of nitrogens with zero attached hydrogens (tertiary/aromatic N) is 5. The predicted molar refractivity (Wildman–Crippen MR) is 203 cm³/mol. The maximum atomic E-state index is 14.0. The second-order valence-corrected chi connectivity index (χ2v) is 14.9. The van der Waals surface area contributed by atoms with Gasteiger partial charge in [-0.15, -0.1) is 0 Å². The number of aromatic nitrogens is 4. The minimum Gasteiger partial charge on any atom is -0.481 e. The van der Waals surface area contributed by atoms with Crippen LogP contribution < -0.4 is 31.9 Å². The molecule has 2 fully saturated rings. The molecule has 5 aromatic rings. The van der Waals surface area contributed by atoms with Gasteiger partial charge in [-0.2, -0.15) is 13.2 Å². The van der Waals surface area contributed by atoms with Crippen molar-refractivity contribution in [2.75, 3.05) is 32.1 Å². The van der Waals surface area contributed by atoms with E-state index >= 15 is 0 Å². The van der Waals surface area contributed by atoms with Crippen molar-refractivity contribution in [1.82, 2.24) is 34.6 Å². The summed E-state index contributed by atoms with van der Waals surface area (Å²) in [5.41, 5.74) is 1.07. The summed E-state index contributed by atoms with van der Waals surface area (Å²) in [6.45, 7) is 2.23. The molecule has 12 nitrogen and oxygen atoms in total. The lowest BCUT2D eigenvalue weighted by Crippen LogP contribution is -2.59. The zero-order valence-corrected chi connectivity index (χ0v) is 31.4. The highest BCUT2D eigenvalue weighted by atomic mass is 35.5. The fraction of sp³-hybridized carbons (Fsp3) is 0.342. The summed E-state index contributed by atoms with van der Waals surface area (Å²) in [4.78, 5) is 49.1. The molecule has 1 spiro atoms. The molecule has 0 radical (unpaired) electrons. The Morgan fingerprint density at radius 2 is 1.69 bits per heavy atom. The summed E-state index contributed by atoms with van der Waals surface area (Å²) in [6, 6.07) is 13.0. The molecule has 2 atom stereocenters. The number of carbonyl (C=O) groups excluding carboxylic acids is 1. The van der Waals surface area contributed by atoms with Crippen LogP contribution in [-0.4, -0.2) is 62.3 Å². The molecule has 17 heteroatoms. The molecule has 0 saturated carbocycles. The van der Waals surface area contributed by atoms with Gasteiger partial charge in [-0.1, -0.05) is 53.5 Å². The molecule has 2 aliphatic heterocycles. The Labute approximate surface area is 322 Å². The molecule has 0 bridgehead atoms. The lowest BCUT2D eigenvalue weighted by atomic mass is 9.93. The molecular formula is C38H35Cl2F3N8O4. The number of alkyl halides is 3. The smallest absolute Gasteiger partial charge is 0.433 e. The van der Waals surface area contributed by atoms with Crippen LogP contribution in [0.15, 0.2) is 58.1 Å². The molecule has 3 aliphatic rings. The maximum Gasteiger partial charge on any atom is 0.433 e. The Morgan fingerprint density at radius 3 is 2.42 bits per heavy atom. The van der Waals surface area contributed by atoms with E-state index < -0.39 is 28.9 Å². The first kappa shape index (κ1) is 36.8. The maximum absolute atomic E-state index is 14.0. The summed E-state index contributed by atoms with van der Waals surface area (Å²) in [5, 5.41) is 9.06. The van der Waals surface area contributed by atoms with Crippen LogP contribution in [0.1, 0.15) is 42.1 Å². The van der Waals surface area contributed by atoms with E-state index in [-0.39, 0.29) is 39.2 Å². The Balaban J connectivity index is 1.15. The molecule has 2 saturated heterocycles. The van der Waals surface area contributed by atoms with Gasteiger partial charge in [-0.05, 0) is 49.4 Å². The van der Waals surface area contributed by atoms with Crippen molar-refractivity contribution in [2.45, 2.75) is 43.4 Å². The number of nitrogens with one attached hydrogen (secondary N) is 3. The first-order chi connectivity index (χ1) is 26.2. The van der Waals surface area contributed by atoms with Gasteiger partial charge in [0.25, 0.3) is 5.56 Å². The molecule has 2 aromatic carbocycles. The van der Waals surface area contributed by atoms with E-state index in [1.54, 1.807) is 31.4 Å². The number of urea groups is 1. The number of aryl methyl sites for hydroxylation is 2. The number of benzene rings is 2. The van der Waals surface area contributed by atoms with Crippen LogP contribution in [0.2, 0.25) is 10.0 Å². The van der Waals surface area contributed by atoms with Crippen LogP contribution in [0.5, 0.6) is 5.88 Å². The largest absolute Gasteiger partial charge is 0.481 e. The monoisotopic (exact) mass is 794 g/mol. The minimum atomic E-state index is -4.88. The van der Waals surface area contributed by atoms with Crippen LogP contribution in [0, 0.1) is 0 Å². The van der Waals surface area contributed by atoms with Gasteiger partial charge >= 0.3 is 17.9 Å². The molecule has 55 heavy (non-hydrogen) atoms. The Hall–Kier alpha value is -5.12. The van der Waals surface area contributed by atoms with E-state index in [1.165, 1.54) is 20.2 Å². The summed E-state index contributed by atoms with van der Waals surface area (Å²) in [6.07, 6.45) is -1.47. The van der Waals surface area contributed by atoms with Crippen LogP contribution in [-0.2, 0) is 26.7 Å². The molecule has 2 amide bonds. The normalized spacial score (nSPS) is 19.8. The van der Waals surface area contributed by atoms with E-state index in [0.29, 0.717) is 45.9 Å². The van der Waals surface area contributed by atoms with Gasteiger partial charge in [0.2, 0.25) is 5.88 Å². The van der Waals surface area contributed by atoms with Gasteiger partial charge in [0.1, 0.15) is 16.9 Å². The first-order valence-electron chi connectivity index (χ1n) is 17.6. The molecule has 3 N–H and O–H groups in total. The standard InChI is InChI=1S/C38H35Cl2F3N8O4/c1-49-26-17-27(38(41,42)43)47-32(29(26)34(52)50(2)36(49)54)45-23-9-5-7-21(31(23)40)20-6-4-8-22(30(20)39)24-16-19-10-11-25(28(19)33(46-24)55-3)51-15-13-37(18-51)12-14-44-35(53)48-37/h4-9,16-17,25H,10-15,18H2,1-3H3,(H,45,47)(H2,44,48,53). The Morgan fingerprint density at radius 1 is 0.964 bits per heavy atom. The number of anilines is 2. The van der Waals surface area contributed by atoms with E-state index in [0.717, 1.165) is 59.0 Å². The Bertz CT molecular complexity index is 2540. The van der Waals surface area contributed by atoms with Crippen molar-refractivity contribution in [2.24, 2.45) is 14.1 Å². The number of hydrogen-bond acceptors (Lipinski definition) is 8. The number of likely N-dealkylation sites (tertiary alicyclic amines) is 1. The lowest BCUT2D eigenvalue weighted by Gasteiger charge is -2.36. The Kier molecular flexibility index (Phi) is 9.09. The van der Waals surface area contributed by atoms with E-state index in [1.807, 2.05) is 12.1 Å². The van der Waals surface area contributed by atoms with Crippen LogP contribution in [0.4, 0.5) is 29.5 Å². The molecule has 2 unspecified atom stereocenters. The highest BCUT2D eigenvalue weighted by Crippen LogP contribution is 2.47. The number of halogens is 5. The van der Waals surface area contributed by atoms with Gasteiger partial charge in [-0.25, -0.2) is 19.6 Å². The van der Waals surface area contributed by atoms with Crippen molar-refractivity contribution >= 4 is 51.6 Å². The molecule has 8 rings (SSSR count). The summed E-state index contributed by atoms with van der Waals surface area (Å²) in [7, 11) is 4.10. The first-order valence-corrected chi connectivity index (χ1v) is 18.4. The van der Waals surface area contributed by atoms with Crippen LogP contribution in [0.25, 0.3) is 33.3 Å². The van der Waals surface area contributed by atoms with E-state index in [4.69, 9.17) is 32.9 Å². The molecule has 5 heterocycles. The summed E-state index contributed by atoms with van der Waals surface area (Å²) < 4.78 is 49.6. The number of pyridine rings is 2. The van der Waals surface area contributed by atoms with Gasteiger partial charge in [0.15, 0.2) is 0 Å². The topological polar surface area (TPSA) is 135 Å². The highest BCUT2D eigenvalue weighted by Gasteiger charge is 2.45. The zero-order chi connectivity index (χ0) is 39.0. The molecule has 286 valence electrons. The molecule has 1 aliphatic carbocycles. The third-order valence-corrected chi connectivity index (χ3v) is 11.8. The quantitative estimate of drug-likeness (QED) is 0.176. The number of amides is 2. The van der Waals surface area contributed by atoms with Crippen molar-refractivity contribution in [3.8, 4) is 28.3 Å². The average molecular weight is 796 g/mol. The van der Waals surface area contributed by atoms with Crippen LogP contribution >= 0.6 is 23.2 Å². The lowest BCUT2D eigenvalue weighted by molar-refractivity contribution is -0.141. The number of carbonyl (C=O) groups is 1. The fourth-order valence-corrected chi connectivity index (χ4v) is 8.81. The highest BCUT2D eigenvalue weighted by molar-refractivity contribution is 6.39. The van der Waals surface area contributed by atoms with Crippen molar-refractivity contribution in [3.05, 3.63) is 96.2 Å². The van der Waals surface area contributed by atoms with Gasteiger partial charge in [0, 0.05) is 62.0 Å². The van der Waals surface area contributed by atoms with Gasteiger partial charge in [-0.3, -0.25) is 18.8 Å². The van der Waals surface area contributed by atoms with E-state index in [9.17, 15) is 27.6 Å². The zero-order valence-electron chi connectivity index (χ0n) is 29.9. The SMILES string of the molecule is COc1nc(-c2cccc(-c3cccc(Nc4nc(C(F)(F)F)cc5c4c(=O)n(C)c(=O)n5C)c3Cl)c2Cl)cc2c1C(N1CCC3(CCNC(=O)N3)C1)CC2. The number of rotatable bonds is 6. The summed E-state index contributed by atoms with van der Waals surface area (Å²) in [5.74, 6) is 0.0812. The minimum absolute atomic E-state index is 0.0852. The molecule has 3 aromatic heterocycles. The summed E-state index contributed by atoms with van der Waals surface area (Å²) >= 11 is 14.1. The van der Waals surface area contributed by atoms with Crippen molar-refractivity contribution < 1.29 is 22.7 Å². The van der Waals surface area contributed by atoms with Crippen molar-refractivity contribution in [3.63, 3.8) is 0 Å². The van der Waals surface area contributed by atoms with Crippen molar-refractivity contribution in [1.29, 1.82) is 0 Å². The second-order valence-electron chi connectivity index (χ2n) is 14.2. The van der Waals surface area contributed by atoms with E-state index in [2.05, 4.69) is 25.8 Å². The predicted octanol–water partition coefficient (Wildman–Crippen LogP) is 6.57. The second kappa shape index (κ2) is 13.6. The van der Waals surface area contributed by atoms with Gasteiger partial charge in [0.05, 0.1) is 39.6 Å². The number of hydrogen-bond donors (Lipinski definition) is 3. The fourth-order valence-electron chi connectivity index (χ4n) is 8.21. The van der Waals surface area contributed by atoms with Gasteiger partial charge < -0.3 is 20.7 Å². The molecular weight excluding hydrogens is 760 g/mol. The third-order valence-electron chi connectivity index (χ3n) is 11.0. The average Bonchev–Trinajstić information content (AvgIpc) is 3.77. The number of fused-ring (bicyclic) bond motifs is 2.